The number of carboxylic acid groups (broad SMARTS) is 1. The molecule has 1 aliphatic heterocycles. The van der Waals surface area contributed by atoms with E-state index in [1.54, 1.807) is 0 Å². The van der Waals surface area contributed by atoms with Crippen LogP contribution in [0.4, 0.5) is 0 Å². The summed E-state index contributed by atoms with van der Waals surface area (Å²) in [6, 6.07) is -0.931. The second kappa shape index (κ2) is 6.07. The Balaban J connectivity index is 2.07. The Morgan fingerprint density at radius 2 is 2.55 bits per heavy atom. The monoisotopic (exact) mass is 278 g/mol. The minimum atomic E-state index is -1.06. The molecule has 0 aliphatic carbocycles. The number of aromatic amines is 1. The number of aliphatic carboxylic acids is 1. The van der Waals surface area contributed by atoms with Crippen molar-refractivity contribution in [3.8, 4) is 0 Å². The number of carbonyl (C=O) groups excluding carboxylic acids is 1. The standard InChI is InChI=1S/C11H14N6O3/c12-16-15-3-7-1-10(18)17(5-7)9(11(19)20)2-8-4-13-6-14-8/h4,6-7,9H,1-3,5H2,(H,13,14)(H,19,20)/t7?,9-/m0/s1. The molecule has 0 bridgehead atoms. The summed E-state index contributed by atoms with van der Waals surface area (Å²) in [7, 11) is 0. The molecular weight excluding hydrogens is 264 g/mol. The van der Waals surface area contributed by atoms with Crippen molar-refractivity contribution in [3.63, 3.8) is 0 Å². The van der Waals surface area contributed by atoms with E-state index in [4.69, 9.17) is 5.53 Å². The summed E-state index contributed by atoms with van der Waals surface area (Å²) in [5.74, 6) is -1.41. The Labute approximate surface area is 114 Å². The number of aromatic nitrogens is 2. The van der Waals surface area contributed by atoms with Crippen LogP contribution in [0.5, 0.6) is 0 Å². The number of carboxylic acids is 1. The van der Waals surface area contributed by atoms with E-state index < -0.39 is 12.0 Å². The fourth-order valence-corrected chi connectivity index (χ4v) is 2.32. The molecule has 20 heavy (non-hydrogen) atoms. The number of azide groups is 1. The zero-order valence-electron chi connectivity index (χ0n) is 10.6. The third-order valence-electron chi connectivity index (χ3n) is 3.27. The minimum absolute atomic E-state index is 0.123. The number of imidazole rings is 1. The van der Waals surface area contributed by atoms with Gasteiger partial charge in [-0.05, 0) is 11.4 Å². The fourth-order valence-electron chi connectivity index (χ4n) is 2.32. The Morgan fingerprint density at radius 1 is 1.75 bits per heavy atom. The first-order chi connectivity index (χ1) is 9.61. The van der Waals surface area contributed by atoms with Crippen LogP contribution in [0.25, 0.3) is 10.4 Å². The number of carbonyl (C=O) groups is 2. The average Bonchev–Trinajstić information content (AvgIpc) is 3.03. The topological polar surface area (TPSA) is 135 Å². The third-order valence-corrected chi connectivity index (χ3v) is 3.27. The van der Waals surface area contributed by atoms with Gasteiger partial charge in [-0.1, -0.05) is 5.11 Å². The number of nitrogens with one attached hydrogen (secondary N) is 1. The number of hydrogen-bond donors (Lipinski definition) is 2. The van der Waals surface area contributed by atoms with Crippen LogP contribution in [0.1, 0.15) is 12.1 Å². The van der Waals surface area contributed by atoms with Gasteiger partial charge in [0, 0.05) is 42.7 Å². The summed E-state index contributed by atoms with van der Waals surface area (Å²) < 4.78 is 0. The lowest BCUT2D eigenvalue weighted by Crippen LogP contribution is -2.43. The first-order valence-corrected chi connectivity index (χ1v) is 6.12. The van der Waals surface area contributed by atoms with Crippen molar-refractivity contribution in [2.24, 2.45) is 11.0 Å². The van der Waals surface area contributed by atoms with E-state index in [0.717, 1.165) is 0 Å². The SMILES string of the molecule is [N-]=[N+]=NCC1CC(=O)N([C@@H](Cc2cnc[nH]2)C(=O)O)C1. The number of H-pyrrole nitrogens is 1. The lowest BCUT2D eigenvalue weighted by molar-refractivity contribution is -0.148. The maximum Gasteiger partial charge on any atom is 0.326 e. The summed E-state index contributed by atoms with van der Waals surface area (Å²) in [4.78, 5) is 33.9. The van der Waals surface area contributed by atoms with Crippen molar-refractivity contribution >= 4 is 11.9 Å². The van der Waals surface area contributed by atoms with Gasteiger partial charge < -0.3 is 15.0 Å². The lowest BCUT2D eigenvalue weighted by atomic mass is 10.1. The van der Waals surface area contributed by atoms with Gasteiger partial charge in [0.25, 0.3) is 0 Å². The summed E-state index contributed by atoms with van der Waals surface area (Å²) in [6.07, 6.45) is 3.39. The number of hydrogen-bond acceptors (Lipinski definition) is 4. The largest absolute Gasteiger partial charge is 0.480 e. The highest BCUT2D eigenvalue weighted by Crippen LogP contribution is 2.22. The van der Waals surface area contributed by atoms with Gasteiger partial charge in [-0.2, -0.15) is 0 Å². The van der Waals surface area contributed by atoms with E-state index in [0.29, 0.717) is 12.2 Å². The summed E-state index contributed by atoms with van der Waals surface area (Å²) >= 11 is 0. The molecule has 9 heteroatoms. The van der Waals surface area contributed by atoms with Crippen molar-refractivity contribution in [2.75, 3.05) is 13.1 Å². The van der Waals surface area contributed by atoms with E-state index in [-0.39, 0.29) is 31.2 Å². The molecule has 2 heterocycles. The second-order valence-corrected chi connectivity index (χ2v) is 4.66. The van der Waals surface area contributed by atoms with Crippen molar-refractivity contribution in [1.29, 1.82) is 0 Å². The summed E-state index contributed by atoms with van der Waals surface area (Å²) in [5.41, 5.74) is 8.94. The number of rotatable bonds is 6. The molecule has 1 fully saturated rings. The molecule has 106 valence electrons. The molecular formula is C11H14N6O3. The Morgan fingerprint density at radius 3 is 3.15 bits per heavy atom. The quantitative estimate of drug-likeness (QED) is 0.446. The average molecular weight is 278 g/mol. The molecule has 1 unspecified atom stereocenters. The number of amides is 1. The molecule has 0 aromatic carbocycles. The maximum absolute atomic E-state index is 11.9. The summed E-state index contributed by atoms with van der Waals surface area (Å²) in [5, 5.41) is 12.7. The lowest BCUT2D eigenvalue weighted by Gasteiger charge is -2.24. The normalized spacial score (nSPS) is 19.7. The first-order valence-electron chi connectivity index (χ1n) is 6.12. The Kier molecular flexibility index (Phi) is 4.21. The predicted molar refractivity (Wildman–Crippen MR) is 67.5 cm³/mol. The van der Waals surface area contributed by atoms with Gasteiger partial charge in [0.1, 0.15) is 6.04 Å². The molecule has 2 N–H and O–H groups in total. The predicted octanol–water partition coefficient (Wildman–Crippen LogP) is 0.564. The first kappa shape index (κ1) is 13.9. The van der Waals surface area contributed by atoms with Crippen LogP contribution in [-0.4, -0.2) is 51.0 Å². The van der Waals surface area contributed by atoms with Gasteiger partial charge in [-0.15, -0.1) is 0 Å². The van der Waals surface area contributed by atoms with Gasteiger partial charge in [-0.3, -0.25) is 4.79 Å². The molecule has 9 nitrogen and oxygen atoms in total. The van der Waals surface area contributed by atoms with Crippen LogP contribution < -0.4 is 0 Å². The highest BCUT2D eigenvalue weighted by Gasteiger charge is 2.37. The second-order valence-electron chi connectivity index (χ2n) is 4.66. The molecule has 0 spiro atoms. The van der Waals surface area contributed by atoms with Crippen molar-refractivity contribution in [3.05, 3.63) is 28.7 Å². The smallest absolute Gasteiger partial charge is 0.326 e. The van der Waals surface area contributed by atoms with Gasteiger partial charge in [0.2, 0.25) is 5.91 Å². The highest BCUT2D eigenvalue weighted by atomic mass is 16.4. The van der Waals surface area contributed by atoms with Gasteiger partial charge >= 0.3 is 5.97 Å². The Hall–Kier alpha value is -2.54. The van der Waals surface area contributed by atoms with Gasteiger partial charge in [0.05, 0.1) is 6.33 Å². The van der Waals surface area contributed by atoms with Crippen molar-refractivity contribution < 1.29 is 14.7 Å². The fraction of sp³-hybridized carbons (Fsp3) is 0.545. The van der Waals surface area contributed by atoms with Crippen molar-refractivity contribution in [1.82, 2.24) is 14.9 Å². The third kappa shape index (κ3) is 3.07. The Bertz CT molecular complexity index is 536. The van der Waals surface area contributed by atoms with Crippen molar-refractivity contribution in [2.45, 2.75) is 18.9 Å². The van der Waals surface area contributed by atoms with Crippen LogP contribution in [-0.2, 0) is 16.0 Å². The molecule has 2 rings (SSSR count). The van der Waals surface area contributed by atoms with E-state index in [1.165, 1.54) is 17.4 Å². The maximum atomic E-state index is 11.9. The molecule has 2 atom stereocenters. The van der Waals surface area contributed by atoms with Crippen LogP contribution in [0.15, 0.2) is 17.6 Å². The van der Waals surface area contributed by atoms with Crippen LogP contribution >= 0.6 is 0 Å². The summed E-state index contributed by atoms with van der Waals surface area (Å²) in [6.45, 7) is 0.498. The molecule has 1 amide bonds. The van der Waals surface area contributed by atoms with Gasteiger partial charge in [-0.25, -0.2) is 9.78 Å². The number of nitrogens with zero attached hydrogens (tertiary/aromatic N) is 5. The molecule has 0 radical (unpaired) electrons. The minimum Gasteiger partial charge on any atom is -0.480 e. The van der Waals surface area contributed by atoms with Gasteiger partial charge in [0.15, 0.2) is 0 Å². The molecule has 1 aromatic rings. The van der Waals surface area contributed by atoms with E-state index in [1.807, 2.05) is 0 Å². The van der Waals surface area contributed by atoms with E-state index in [9.17, 15) is 14.7 Å². The zero-order valence-corrected chi connectivity index (χ0v) is 10.6. The van der Waals surface area contributed by atoms with E-state index in [2.05, 4.69) is 20.0 Å². The van der Waals surface area contributed by atoms with Crippen LogP contribution in [0, 0.1) is 5.92 Å². The highest BCUT2D eigenvalue weighted by molar-refractivity contribution is 5.85. The molecule has 1 saturated heterocycles. The van der Waals surface area contributed by atoms with Crippen LogP contribution in [0.3, 0.4) is 0 Å². The molecule has 1 aromatic heterocycles. The molecule has 1 aliphatic rings. The number of likely N-dealkylation sites (tertiary alicyclic amines) is 1. The van der Waals surface area contributed by atoms with Crippen LogP contribution in [0.2, 0.25) is 0 Å². The molecule has 0 saturated carbocycles. The van der Waals surface area contributed by atoms with E-state index >= 15 is 0 Å². The zero-order chi connectivity index (χ0) is 14.5.